The van der Waals surface area contributed by atoms with Crippen LogP contribution in [0.4, 0.5) is 4.39 Å². The minimum absolute atomic E-state index is 0.119. The Morgan fingerprint density at radius 3 is 2.83 bits per heavy atom. The first-order valence-corrected chi connectivity index (χ1v) is 5.31. The third kappa shape index (κ3) is 2.88. The summed E-state index contributed by atoms with van der Waals surface area (Å²) in [6, 6.07) is 8.70. The van der Waals surface area contributed by atoms with Crippen molar-refractivity contribution in [1.82, 2.24) is 0 Å². The lowest BCUT2D eigenvalue weighted by Crippen LogP contribution is -2.19. The zero-order valence-corrected chi connectivity index (χ0v) is 9.38. The number of furan rings is 1. The van der Waals surface area contributed by atoms with Crippen LogP contribution in [0.15, 0.2) is 47.1 Å². The molecule has 1 N–H and O–H groups in total. The van der Waals surface area contributed by atoms with Gasteiger partial charge in [-0.05, 0) is 24.3 Å². The van der Waals surface area contributed by atoms with E-state index < -0.39 is 17.7 Å². The predicted molar refractivity (Wildman–Crippen MR) is 61.0 cm³/mol. The Morgan fingerprint density at radius 1 is 1.39 bits per heavy atom. The second kappa shape index (κ2) is 5.35. The summed E-state index contributed by atoms with van der Waals surface area (Å²) in [6.07, 6.45) is 1.40. The highest BCUT2D eigenvalue weighted by molar-refractivity contribution is 5.75. The minimum atomic E-state index is -1.05. The Morgan fingerprint density at radius 2 is 2.22 bits per heavy atom. The SMILES string of the molecule is O=C(O)C(COc1cccc(F)c1)c1ccco1. The van der Waals surface area contributed by atoms with Crippen LogP contribution < -0.4 is 4.74 Å². The number of halogens is 1. The van der Waals surface area contributed by atoms with E-state index in [9.17, 15) is 9.18 Å². The van der Waals surface area contributed by atoms with Crippen LogP contribution in [0.2, 0.25) is 0 Å². The van der Waals surface area contributed by atoms with Crippen molar-refractivity contribution in [3.63, 3.8) is 0 Å². The molecule has 5 heteroatoms. The van der Waals surface area contributed by atoms with E-state index in [2.05, 4.69) is 0 Å². The quantitative estimate of drug-likeness (QED) is 0.886. The van der Waals surface area contributed by atoms with E-state index in [4.69, 9.17) is 14.3 Å². The van der Waals surface area contributed by atoms with Crippen molar-refractivity contribution in [3.05, 3.63) is 54.2 Å². The van der Waals surface area contributed by atoms with Crippen molar-refractivity contribution in [2.75, 3.05) is 6.61 Å². The summed E-state index contributed by atoms with van der Waals surface area (Å²) < 4.78 is 23.2. The van der Waals surface area contributed by atoms with Gasteiger partial charge in [0, 0.05) is 6.07 Å². The molecule has 1 heterocycles. The smallest absolute Gasteiger partial charge is 0.317 e. The van der Waals surface area contributed by atoms with Gasteiger partial charge in [-0.15, -0.1) is 0 Å². The summed E-state index contributed by atoms with van der Waals surface area (Å²) in [5.74, 6) is -1.81. The van der Waals surface area contributed by atoms with Gasteiger partial charge in [-0.2, -0.15) is 0 Å². The van der Waals surface area contributed by atoms with Gasteiger partial charge in [-0.3, -0.25) is 4.79 Å². The molecule has 1 aromatic heterocycles. The Kier molecular flexibility index (Phi) is 3.62. The highest BCUT2D eigenvalue weighted by atomic mass is 19.1. The van der Waals surface area contributed by atoms with Crippen molar-refractivity contribution in [2.24, 2.45) is 0 Å². The van der Waals surface area contributed by atoms with Gasteiger partial charge >= 0.3 is 5.97 Å². The average Bonchev–Trinajstić information content (AvgIpc) is 2.82. The van der Waals surface area contributed by atoms with Crippen molar-refractivity contribution in [2.45, 2.75) is 5.92 Å². The Labute approximate surface area is 103 Å². The molecule has 1 unspecified atom stereocenters. The van der Waals surface area contributed by atoms with Crippen LogP contribution in [0.5, 0.6) is 5.75 Å². The van der Waals surface area contributed by atoms with E-state index in [-0.39, 0.29) is 12.4 Å². The number of benzene rings is 1. The fraction of sp³-hybridized carbons (Fsp3) is 0.154. The molecule has 0 aliphatic carbocycles. The zero-order valence-electron chi connectivity index (χ0n) is 9.38. The molecule has 0 saturated carbocycles. The van der Waals surface area contributed by atoms with Crippen molar-refractivity contribution in [1.29, 1.82) is 0 Å². The second-order valence-electron chi connectivity index (χ2n) is 3.67. The number of carbonyl (C=O) groups is 1. The van der Waals surface area contributed by atoms with Crippen LogP contribution in [-0.2, 0) is 4.79 Å². The number of carboxylic acids is 1. The number of rotatable bonds is 5. The van der Waals surface area contributed by atoms with Gasteiger partial charge < -0.3 is 14.3 Å². The van der Waals surface area contributed by atoms with Crippen LogP contribution in [0, 0.1) is 5.82 Å². The number of aliphatic carboxylic acids is 1. The largest absolute Gasteiger partial charge is 0.492 e. The molecule has 0 bridgehead atoms. The molecule has 94 valence electrons. The van der Waals surface area contributed by atoms with Gasteiger partial charge in [0.25, 0.3) is 0 Å². The third-order valence-electron chi connectivity index (χ3n) is 2.40. The van der Waals surface area contributed by atoms with E-state index >= 15 is 0 Å². The molecule has 0 aliphatic rings. The van der Waals surface area contributed by atoms with Crippen molar-refractivity contribution in [3.8, 4) is 5.75 Å². The molecule has 0 spiro atoms. The molecule has 0 radical (unpaired) electrons. The fourth-order valence-corrected chi connectivity index (χ4v) is 1.50. The van der Waals surface area contributed by atoms with Gasteiger partial charge in [0.05, 0.1) is 6.26 Å². The molecule has 0 fully saturated rings. The average molecular weight is 250 g/mol. The van der Waals surface area contributed by atoms with Gasteiger partial charge in [0.15, 0.2) is 0 Å². The molecule has 2 rings (SSSR count). The molecule has 0 aliphatic heterocycles. The standard InChI is InChI=1S/C13H11FO4/c14-9-3-1-4-10(7-9)18-8-11(13(15)16)12-5-2-6-17-12/h1-7,11H,8H2,(H,15,16). The van der Waals surface area contributed by atoms with Crippen LogP contribution in [0.1, 0.15) is 11.7 Å². The number of carboxylic acid groups (broad SMARTS) is 1. The van der Waals surface area contributed by atoms with Crippen LogP contribution in [0.3, 0.4) is 0 Å². The summed E-state index contributed by atoms with van der Waals surface area (Å²) in [5, 5.41) is 9.06. The van der Waals surface area contributed by atoms with E-state index in [0.29, 0.717) is 5.76 Å². The topological polar surface area (TPSA) is 59.7 Å². The number of hydrogen-bond donors (Lipinski definition) is 1. The van der Waals surface area contributed by atoms with E-state index in [0.717, 1.165) is 0 Å². The monoisotopic (exact) mass is 250 g/mol. The fourth-order valence-electron chi connectivity index (χ4n) is 1.50. The first-order chi connectivity index (χ1) is 8.66. The third-order valence-corrected chi connectivity index (χ3v) is 2.40. The van der Waals surface area contributed by atoms with Crippen molar-refractivity contribution < 1.29 is 23.4 Å². The zero-order chi connectivity index (χ0) is 13.0. The molecule has 0 saturated heterocycles. The molecule has 1 atom stereocenters. The summed E-state index contributed by atoms with van der Waals surface area (Å²) in [6.45, 7) is -0.119. The Bertz CT molecular complexity index is 522. The maximum absolute atomic E-state index is 12.9. The lowest BCUT2D eigenvalue weighted by molar-refractivity contribution is -0.140. The van der Waals surface area contributed by atoms with E-state index in [1.807, 2.05) is 0 Å². The molecule has 18 heavy (non-hydrogen) atoms. The molecular formula is C13H11FO4. The lowest BCUT2D eigenvalue weighted by Gasteiger charge is -2.11. The molecule has 1 aromatic carbocycles. The lowest BCUT2D eigenvalue weighted by atomic mass is 10.1. The summed E-state index contributed by atoms with van der Waals surface area (Å²) in [7, 11) is 0. The number of hydrogen-bond acceptors (Lipinski definition) is 3. The summed E-state index contributed by atoms with van der Waals surface area (Å²) in [4.78, 5) is 11.1. The van der Waals surface area contributed by atoms with Crippen molar-refractivity contribution >= 4 is 5.97 Å². The first-order valence-electron chi connectivity index (χ1n) is 5.31. The van der Waals surface area contributed by atoms with Crippen LogP contribution >= 0.6 is 0 Å². The van der Waals surface area contributed by atoms with E-state index in [1.54, 1.807) is 18.2 Å². The van der Waals surface area contributed by atoms with E-state index in [1.165, 1.54) is 24.5 Å². The number of ether oxygens (including phenoxy) is 1. The minimum Gasteiger partial charge on any atom is -0.492 e. The van der Waals surface area contributed by atoms with Gasteiger partial charge in [-0.25, -0.2) is 4.39 Å². The molecule has 4 nitrogen and oxygen atoms in total. The van der Waals surface area contributed by atoms with Crippen LogP contribution in [0.25, 0.3) is 0 Å². The highest BCUT2D eigenvalue weighted by Gasteiger charge is 2.23. The maximum atomic E-state index is 12.9. The normalized spacial score (nSPS) is 12.1. The van der Waals surface area contributed by atoms with Gasteiger partial charge in [-0.1, -0.05) is 6.07 Å². The van der Waals surface area contributed by atoms with Crippen LogP contribution in [-0.4, -0.2) is 17.7 Å². The maximum Gasteiger partial charge on any atom is 0.317 e. The Balaban J connectivity index is 2.05. The Hall–Kier alpha value is -2.30. The molecular weight excluding hydrogens is 239 g/mol. The van der Waals surface area contributed by atoms with Gasteiger partial charge in [0.1, 0.15) is 29.9 Å². The summed E-state index contributed by atoms with van der Waals surface area (Å²) in [5.41, 5.74) is 0. The first kappa shape index (κ1) is 12.2. The highest BCUT2D eigenvalue weighted by Crippen LogP contribution is 2.19. The second-order valence-corrected chi connectivity index (χ2v) is 3.67. The van der Waals surface area contributed by atoms with Gasteiger partial charge in [0.2, 0.25) is 0 Å². The summed E-state index contributed by atoms with van der Waals surface area (Å²) >= 11 is 0. The predicted octanol–water partition coefficient (Wildman–Crippen LogP) is 2.67. The molecule has 2 aromatic rings. The molecule has 0 amide bonds.